The van der Waals surface area contributed by atoms with Crippen LogP contribution in [0.2, 0.25) is 10.0 Å². The molecule has 2 rings (SSSR count). The van der Waals surface area contributed by atoms with E-state index in [1.807, 2.05) is 13.8 Å². The van der Waals surface area contributed by atoms with Crippen LogP contribution in [0.4, 0.5) is 0 Å². The van der Waals surface area contributed by atoms with Crippen LogP contribution < -0.4 is 0 Å². The SMILES string of the molecule is Cc1ccc(Sc2c(Cl)c(C)nc(C)c2Cl)cc1. The maximum absolute atomic E-state index is 6.28. The number of aryl methyl sites for hydroxylation is 3. The summed E-state index contributed by atoms with van der Waals surface area (Å²) in [5, 5.41) is 1.27. The number of hydrogen-bond acceptors (Lipinski definition) is 2. The predicted molar refractivity (Wildman–Crippen MR) is 79.0 cm³/mol. The third-order valence-electron chi connectivity index (χ3n) is 2.61. The molecule has 0 N–H and O–H groups in total. The monoisotopic (exact) mass is 297 g/mol. The lowest BCUT2D eigenvalue weighted by molar-refractivity contribution is 1.09. The van der Waals surface area contributed by atoms with Gasteiger partial charge in [-0.1, -0.05) is 52.7 Å². The first-order valence-electron chi connectivity index (χ1n) is 5.55. The summed E-state index contributed by atoms with van der Waals surface area (Å²) >= 11 is 14.1. The second kappa shape index (κ2) is 5.52. The molecule has 0 fully saturated rings. The molecule has 1 heterocycles. The Balaban J connectivity index is 2.42. The van der Waals surface area contributed by atoms with Gasteiger partial charge in [0.05, 0.1) is 26.3 Å². The van der Waals surface area contributed by atoms with Crippen LogP contribution in [0.25, 0.3) is 0 Å². The number of rotatable bonds is 2. The van der Waals surface area contributed by atoms with Gasteiger partial charge in [-0.2, -0.15) is 0 Å². The zero-order chi connectivity index (χ0) is 13.3. The van der Waals surface area contributed by atoms with E-state index in [-0.39, 0.29) is 0 Å². The van der Waals surface area contributed by atoms with Gasteiger partial charge in [0.15, 0.2) is 0 Å². The summed E-state index contributed by atoms with van der Waals surface area (Å²) in [4.78, 5) is 6.31. The Hall–Kier alpha value is -0.700. The molecule has 0 amide bonds. The molecule has 18 heavy (non-hydrogen) atoms. The molecule has 0 atom stereocenters. The summed E-state index contributed by atoms with van der Waals surface area (Å²) in [5.74, 6) is 0. The van der Waals surface area contributed by atoms with Crippen molar-refractivity contribution in [2.75, 3.05) is 0 Å². The van der Waals surface area contributed by atoms with Crippen molar-refractivity contribution in [3.8, 4) is 0 Å². The lowest BCUT2D eigenvalue weighted by Gasteiger charge is -2.11. The molecule has 2 aromatic rings. The first kappa shape index (κ1) is 13.7. The van der Waals surface area contributed by atoms with Crippen LogP contribution in [-0.4, -0.2) is 4.98 Å². The largest absolute Gasteiger partial charge is 0.255 e. The van der Waals surface area contributed by atoms with E-state index in [0.29, 0.717) is 10.0 Å². The predicted octanol–water partition coefficient (Wildman–Crippen LogP) is 5.46. The van der Waals surface area contributed by atoms with Crippen LogP contribution in [0, 0.1) is 20.8 Å². The highest BCUT2D eigenvalue weighted by molar-refractivity contribution is 7.99. The second-order valence-corrected chi connectivity index (χ2v) is 5.99. The van der Waals surface area contributed by atoms with Crippen molar-refractivity contribution in [2.24, 2.45) is 0 Å². The lowest BCUT2D eigenvalue weighted by Crippen LogP contribution is -1.92. The lowest BCUT2D eigenvalue weighted by atomic mass is 10.2. The van der Waals surface area contributed by atoms with Gasteiger partial charge in [-0.3, -0.25) is 4.98 Å². The molecule has 0 saturated heterocycles. The number of aromatic nitrogens is 1. The minimum absolute atomic E-state index is 0.635. The fraction of sp³-hybridized carbons (Fsp3) is 0.214. The molecule has 0 aliphatic rings. The van der Waals surface area contributed by atoms with E-state index in [0.717, 1.165) is 21.2 Å². The molecule has 0 aliphatic heterocycles. The average molecular weight is 298 g/mol. The van der Waals surface area contributed by atoms with Crippen molar-refractivity contribution >= 4 is 35.0 Å². The maximum Gasteiger partial charge on any atom is 0.0773 e. The molecular weight excluding hydrogens is 285 g/mol. The second-order valence-electron chi connectivity index (χ2n) is 4.15. The Labute approximate surface area is 122 Å². The van der Waals surface area contributed by atoms with Gasteiger partial charge in [-0.15, -0.1) is 0 Å². The average Bonchev–Trinajstić information content (AvgIpc) is 2.34. The van der Waals surface area contributed by atoms with Gasteiger partial charge < -0.3 is 0 Å². The van der Waals surface area contributed by atoms with Crippen LogP contribution in [0.3, 0.4) is 0 Å². The molecule has 0 unspecified atom stereocenters. The molecule has 0 saturated carbocycles. The smallest absolute Gasteiger partial charge is 0.0773 e. The van der Waals surface area contributed by atoms with E-state index >= 15 is 0 Å². The van der Waals surface area contributed by atoms with Gasteiger partial charge in [0.25, 0.3) is 0 Å². The van der Waals surface area contributed by atoms with Gasteiger partial charge >= 0.3 is 0 Å². The summed E-state index contributed by atoms with van der Waals surface area (Å²) < 4.78 is 0. The summed E-state index contributed by atoms with van der Waals surface area (Å²) in [6.07, 6.45) is 0. The number of pyridine rings is 1. The fourth-order valence-electron chi connectivity index (χ4n) is 1.59. The van der Waals surface area contributed by atoms with Crippen LogP contribution in [0.15, 0.2) is 34.1 Å². The third kappa shape index (κ3) is 2.82. The van der Waals surface area contributed by atoms with Crippen molar-refractivity contribution in [3.05, 3.63) is 51.3 Å². The first-order valence-corrected chi connectivity index (χ1v) is 7.13. The van der Waals surface area contributed by atoms with Crippen molar-refractivity contribution in [1.82, 2.24) is 4.98 Å². The van der Waals surface area contributed by atoms with Crippen molar-refractivity contribution in [3.63, 3.8) is 0 Å². The summed E-state index contributed by atoms with van der Waals surface area (Å²) in [6, 6.07) is 8.28. The van der Waals surface area contributed by atoms with Gasteiger partial charge in [-0.25, -0.2) is 0 Å². The minimum Gasteiger partial charge on any atom is -0.255 e. The fourth-order valence-corrected chi connectivity index (χ4v) is 3.12. The summed E-state index contributed by atoms with van der Waals surface area (Å²) in [5.41, 5.74) is 2.86. The molecule has 0 aliphatic carbocycles. The Morgan fingerprint density at radius 2 is 1.39 bits per heavy atom. The number of nitrogens with zero attached hydrogens (tertiary/aromatic N) is 1. The summed E-state index contributed by atoms with van der Waals surface area (Å²) in [7, 11) is 0. The molecule has 0 radical (unpaired) electrons. The van der Waals surface area contributed by atoms with Gasteiger partial charge in [-0.05, 0) is 32.9 Å². The zero-order valence-corrected chi connectivity index (χ0v) is 12.7. The van der Waals surface area contributed by atoms with Crippen molar-refractivity contribution < 1.29 is 0 Å². The Bertz CT molecular complexity index is 553. The minimum atomic E-state index is 0.635. The van der Waals surface area contributed by atoms with Gasteiger partial charge in [0.1, 0.15) is 0 Å². The third-order valence-corrected chi connectivity index (χ3v) is 4.88. The van der Waals surface area contributed by atoms with Crippen molar-refractivity contribution in [1.29, 1.82) is 0 Å². The van der Waals surface area contributed by atoms with Crippen LogP contribution in [-0.2, 0) is 0 Å². The normalized spacial score (nSPS) is 10.7. The van der Waals surface area contributed by atoms with E-state index in [4.69, 9.17) is 23.2 Å². The first-order chi connectivity index (χ1) is 8.49. The van der Waals surface area contributed by atoms with E-state index in [9.17, 15) is 0 Å². The summed E-state index contributed by atoms with van der Waals surface area (Å²) in [6.45, 7) is 5.85. The Morgan fingerprint density at radius 1 is 0.889 bits per heavy atom. The number of halogens is 2. The van der Waals surface area contributed by atoms with Crippen molar-refractivity contribution in [2.45, 2.75) is 30.6 Å². The number of hydrogen-bond donors (Lipinski definition) is 0. The molecule has 0 bridgehead atoms. The molecule has 0 spiro atoms. The quantitative estimate of drug-likeness (QED) is 0.729. The molecule has 1 nitrogen and oxygen atoms in total. The highest BCUT2D eigenvalue weighted by atomic mass is 35.5. The topological polar surface area (TPSA) is 12.9 Å². The Kier molecular flexibility index (Phi) is 4.21. The van der Waals surface area contributed by atoms with E-state index in [2.05, 4.69) is 36.2 Å². The van der Waals surface area contributed by atoms with Gasteiger partial charge in [0.2, 0.25) is 0 Å². The number of benzene rings is 1. The highest BCUT2D eigenvalue weighted by Gasteiger charge is 2.14. The molecule has 1 aromatic heterocycles. The maximum atomic E-state index is 6.28. The molecule has 94 valence electrons. The van der Waals surface area contributed by atoms with Crippen LogP contribution >= 0.6 is 35.0 Å². The highest BCUT2D eigenvalue weighted by Crippen LogP contribution is 2.40. The molecule has 4 heteroatoms. The Morgan fingerprint density at radius 3 is 1.89 bits per heavy atom. The standard InChI is InChI=1S/C14H13Cl2NS/c1-8-4-6-11(7-5-8)18-14-12(15)9(2)17-10(3)13(14)16/h4-7H,1-3H3. The molecular formula is C14H13Cl2NS. The van der Waals surface area contributed by atoms with E-state index in [1.54, 1.807) is 11.8 Å². The van der Waals surface area contributed by atoms with E-state index < -0.39 is 0 Å². The van der Waals surface area contributed by atoms with E-state index in [1.165, 1.54) is 5.56 Å². The van der Waals surface area contributed by atoms with Crippen LogP contribution in [0.1, 0.15) is 17.0 Å². The van der Waals surface area contributed by atoms with Crippen LogP contribution in [0.5, 0.6) is 0 Å². The van der Waals surface area contributed by atoms with Gasteiger partial charge in [0, 0.05) is 4.90 Å². The molecule has 1 aromatic carbocycles. The zero-order valence-electron chi connectivity index (χ0n) is 10.4.